The molecule has 0 aliphatic heterocycles. The van der Waals surface area contributed by atoms with Gasteiger partial charge >= 0.3 is 0 Å². The van der Waals surface area contributed by atoms with E-state index in [9.17, 15) is 0 Å². The fourth-order valence-corrected chi connectivity index (χ4v) is 2.21. The number of H-pyrrole nitrogens is 1. The predicted octanol–water partition coefficient (Wildman–Crippen LogP) is 3.49. The molecule has 0 amide bonds. The van der Waals surface area contributed by atoms with Crippen LogP contribution in [0, 0.1) is 0 Å². The van der Waals surface area contributed by atoms with Crippen molar-refractivity contribution in [2.75, 3.05) is 5.73 Å². The molecule has 0 fully saturated rings. The zero-order valence-electron chi connectivity index (χ0n) is 11.4. The molecule has 0 aliphatic carbocycles. The molecule has 21 heavy (non-hydrogen) atoms. The first-order valence-electron chi connectivity index (χ1n) is 6.72. The Balaban J connectivity index is 1.67. The molecule has 106 valence electrons. The molecule has 0 atom stereocenters. The Morgan fingerprint density at radius 3 is 2.38 bits per heavy atom. The van der Waals surface area contributed by atoms with E-state index in [1.54, 1.807) is 0 Å². The van der Waals surface area contributed by atoms with E-state index in [4.69, 9.17) is 17.3 Å². The number of halogens is 1. The van der Waals surface area contributed by atoms with Crippen molar-refractivity contribution in [2.45, 2.75) is 12.8 Å². The standard InChI is InChI=1S/C16H15ClN4/c17-13-6-1-11(2-7-13)3-10-15-19-16(21-20-15)12-4-8-14(18)9-5-12/h1-2,4-9H,3,10,18H2,(H,19,20,21). The zero-order valence-corrected chi connectivity index (χ0v) is 12.1. The maximum absolute atomic E-state index is 5.87. The van der Waals surface area contributed by atoms with E-state index in [-0.39, 0.29) is 0 Å². The minimum absolute atomic E-state index is 0.695. The summed E-state index contributed by atoms with van der Waals surface area (Å²) in [5.41, 5.74) is 8.59. The summed E-state index contributed by atoms with van der Waals surface area (Å²) in [4.78, 5) is 4.51. The van der Waals surface area contributed by atoms with Gasteiger partial charge in [0, 0.05) is 22.7 Å². The lowest BCUT2D eigenvalue weighted by Gasteiger charge is -1.99. The number of nitrogen functional groups attached to an aromatic ring is 1. The number of nitrogens with two attached hydrogens (primary N) is 1. The average Bonchev–Trinajstić information content (AvgIpc) is 2.96. The molecule has 3 rings (SSSR count). The number of hydrogen-bond acceptors (Lipinski definition) is 3. The Hall–Kier alpha value is -2.33. The van der Waals surface area contributed by atoms with Crippen LogP contribution in [-0.4, -0.2) is 15.2 Å². The summed E-state index contributed by atoms with van der Waals surface area (Å²) in [5.74, 6) is 1.57. The van der Waals surface area contributed by atoms with Gasteiger partial charge in [0.1, 0.15) is 5.82 Å². The number of nitrogens with one attached hydrogen (secondary N) is 1. The van der Waals surface area contributed by atoms with Crippen LogP contribution in [0.25, 0.3) is 11.4 Å². The number of rotatable bonds is 4. The third kappa shape index (κ3) is 3.41. The van der Waals surface area contributed by atoms with Crippen LogP contribution in [0.15, 0.2) is 48.5 Å². The number of hydrogen-bond donors (Lipinski definition) is 2. The summed E-state index contributed by atoms with van der Waals surface area (Å²) in [6.07, 6.45) is 1.71. The number of aromatic amines is 1. The van der Waals surface area contributed by atoms with Gasteiger partial charge in [0.15, 0.2) is 5.82 Å². The van der Waals surface area contributed by atoms with Crippen LogP contribution < -0.4 is 5.73 Å². The highest BCUT2D eigenvalue weighted by Crippen LogP contribution is 2.17. The Labute approximate surface area is 128 Å². The molecule has 4 nitrogen and oxygen atoms in total. The summed E-state index contributed by atoms with van der Waals surface area (Å²) in [7, 11) is 0. The second kappa shape index (κ2) is 5.97. The Bertz CT molecular complexity index is 717. The summed E-state index contributed by atoms with van der Waals surface area (Å²) in [5, 5.41) is 7.98. The summed E-state index contributed by atoms with van der Waals surface area (Å²) < 4.78 is 0. The number of aryl methyl sites for hydroxylation is 2. The van der Waals surface area contributed by atoms with Crippen molar-refractivity contribution in [3.8, 4) is 11.4 Å². The highest BCUT2D eigenvalue weighted by atomic mass is 35.5. The van der Waals surface area contributed by atoms with Gasteiger partial charge in [-0.15, -0.1) is 0 Å². The second-order valence-corrected chi connectivity index (χ2v) is 5.29. The van der Waals surface area contributed by atoms with E-state index in [0.29, 0.717) is 5.82 Å². The Morgan fingerprint density at radius 1 is 0.952 bits per heavy atom. The van der Waals surface area contributed by atoms with Crippen molar-refractivity contribution in [1.29, 1.82) is 0 Å². The van der Waals surface area contributed by atoms with Gasteiger partial charge in [-0.05, 0) is 48.4 Å². The van der Waals surface area contributed by atoms with Crippen LogP contribution in [0.4, 0.5) is 5.69 Å². The molecule has 0 aliphatic rings. The molecule has 1 heterocycles. The molecule has 0 saturated heterocycles. The Kier molecular flexibility index (Phi) is 3.88. The van der Waals surface area contributed by atoms with E-state index in [2.05, 4.69) is 15.2 Å². The number of nitrogens with zero attached hydrogens (tertiary/aromatic N) is 2. The van der Waals surface area contributed by atoms with Crippen molar-refractivity contribution in [3.05, 3.63) is 64.9 Å². The first kappa shape index (κ1) is 13.6. The normalized spacial score (nSPS) is 10.7. The second-order valence-electron chi connectivity index (χ2n) is 4.85. The van der Waals surface area contributed by atoms with Gasteiger partial charge in [0.2, 0.25) is 0 Å². The fourth-order valence-electron chi connectivity index (χ4n) is 2.08. The lowest BCUT2D eigenvalue weighted by Crippen LogP contribution is -1.93. The van der Waals surface area contributed by atoms with Crippen LogP contribution in [-0.2, 0) is 12.8 Å². The molecular formula is C16H15ClN4. The first-order chi connectivity index (χ1) is 10.2. The third-order valence-electron chi connectivity index (χ3n) is 3.26. The van der Waals surface area contributed by atoms with Crippen molar-refractivity contribution in [2.24, 2.45) is 0 Å². The van der Waals surface area contributed by atoms with Crippen molar-refractivity contribution in [1.82, 2.24) is 15.2 Å². The van der Waals surface area contributed by atoms with Crippen molar-refractivity contribution < 1.29 is 0 Å². The van der Waals surface area contributed by atoms with E-state index in [1.165, 1.54) is 5.56 Å². The summed E-state index contributed by atoms with van der Waals surface area (Å²) in [6.45, 7) is 0. The molecule has 3 aromatic rings. The first-order valence-corrected chi connectivity index (χ1v) is 7.10. The van der Waals surface area contributed by atoms with Crippen LogP contribution >= 0.6 is 11.6 Å². The molecule has 0 bridgehead atoms. The largest absolute Gasteiger partial charge is 0.399 e. The van der Waals surface area contributed by atoms with Gasteiger partial charge in [-0.1, -0.05) is 23.7 Å². The van der Waals surface area contributed by atoms with Gasteiger partial charge < -0.3 is 5.73 Å². The topological polar surface area (TPSA) is 67.6 Å². The van der Waals surface area contributed by atoms with Crippen molar-refractivity contribution >= 4 is 17.3 Å². The molecule has 2 aromatic carbocycles. The highest BCUT2D eigenvalue weighted by molar-refractivity contribution is 6.30. The Morgan fingerprint density at radius 2 is 1.67 bits per heavy atom. The third-order valence-corrected chi connectivity index (χ3v) is 3.52. The van der Waals surface area contributed by atoms with Crippen LogP contribution in [0.5, 0.6) is 0 Å². The SMILES string of the molecule is Nc1ccc(-c2n[nH]c(CCc3ccc(Cl)cc3)n2)cc1. The quantitative estimate of drug-likeness (QED) is 0.724. The maximum atomic E-state index is 5.87. The minimum Gasteiger partial charge on any atom is -0.399 e. The maximum Gasteiger partial charge on any atom is 0.181 e. The smallest absolute Gasteiger partial charge is 0.181 e. The molecule has 3 N–H and O–H groups in total. The number of benzene rings is 2. The molecule has 0 saturated carbocycles. The fraction of sp³-hybridized carbons (Fsp3) is 0.125. The molecule has 0 spiro atoms. The lowest BCUT2D eigenvalue weighted by molar-refractivity contribution is 0.865. The van der Waals surface area contributed by atoms with E-state index in [0.717, 1.165) is 34.9 Å². The van der Waals surface area contributed by atoms with E-state index >= 15 is 0 Å². The average molecular weight is 299 g/mol. The molecule has 5 heteroatoms. The van der Waals surface area contributed by atoms with Gasteiger partial charge in [0.25, 0.3) is 0 Å². The molecule has 0 unspecified atom stereocenters. The highest BCUT2D eigenvalue weighted by Gasteiger charge is 2.06. The van der Waals surface area contributed by atoms with E-state index < -0.39 is 0 Å². The monoisotopic (exact) mass is 298 g/mol. The van der Waals surface area contributed by atoms with Gasteiger partial charge in [-0.2, -0.15) is 5.10 Å². The van der Waals surface area contributed by atoms with Gasteiger partial charge in [-0.3, -0.25) is 5.10 Å². The van der Waals surface area contributed by atoms with Gasteiger partial charge in [0.05, 0.1) is 0 Å². The van der Waals surface area contributed by atoms with Crippen molar-refractivity contribution in [3.63, 3.8) is 0 Å². The van der Waals surface area contributed by atoms with Gasteiger partial charge in [-0.25, -0.2) is 4.98 Å². The van der Waals surface area contributed by atoms with E-state index in [1.807, 2.05) is 48.5 Å². The van der Waals surface area contributed by atoms with Crippen LogP contribution in [0.2, 0.25) is 5.02 Å². The number of aromatic nitrogens is 3. The zero-order chi connectivity index (χ0) is 14.7. The summed E-state index contributed by atoms with van der Waals surface area (Å²) in [6, 6.07) is 15.4. The minimum atomic E-state index is 0.695. The number of anilines is 1. The van der Waals surface area contributed by atoms with Crippen LogP contribution in [0.3, 0.4) is 0 Å². The molecule has 1 aromatic heterocycles. The molecule has 0 radical (unpaired) electrons. The molecular weight excluding hydrogens is 284 g/mol. The lowest BCUT2D eigenvalue weighted by atomic mass is 10.1. The summed E-state index contributed by atoms with van der Waals surface area (Å²) >= 11 is 5.87. The predicted molar refractivity (Wildman–Crippen MR) is 85.1 cm³/mol. The van der Waals surface area contributed by atoms with Crippen LogP contribution in [0.1, 0.15) is 11.4 Å².